The van der Waals surface area contributed by atoms with Gasteiger partial charge in [0.25, 0.3) is 0 Å². The maximum atomic E-state index is 11.4. The monoisotopic (exact) mass is 248 g/mol. The zero-order chi connectivity index (χ0) is 13.1. The van der Waals surface area contributed by atoms with Gasteiger partial charge in [-0.15, -0.1) is 0 Å². The van der Waals surface area contributed by atoms with E-state index < -0.39 is 5.97 Å². The summed E-state index contributed by atoms with van der Waals surface area (Å²) in [6, 6.07) is 3.43. The number of carboxylic acids is 1. The van der Waals surface area contributed by atoms with Crippen molar-refractivity contribution in [2.75, 3.05) is 5.32 Å². The first-order valence-electron chi connectivity index (χ1n) is 5.39. The number of amides is 1. The molecule has 0 saturated carbocycles. The summed E-state index contributed by atoms with van der Waals surface area (Å²) in [5.74, 6) is -0.689. The lowest BCUT2D eigenvalue weighted by atomic mass is 10.3. The molecule has 0 aromatic carbocycles. The molecular weight excluding hydrogens is 236 g/mol. The van der Waals surface area contributed by atoms with Crippen LogP contribution in [0.15, 0.2) is 18.3 Å². The van der Waals surface area contributed by atoms with Crippen LogP contribution in [0.5, 0.6) is 0 Å². The second-order valence-corrected chi connectivity index (χ2v) is 3.82. The van der Waals surface area contributed by atoms with Gasteiger partial charge >= 0.3 is 5.97 Å². The van der Waals surface area contributed by atoms with Crippen molar-refractivity contribution in [2.45, 2.75) is 19.8 Å². The van der Waals surface area contributed by atoms with Crippen molar-refractivity contribution in [2.24, 2.45) is 0 Å². The molecule has 0 spiro atoms. The third-order valence-electron chi connectivity index (χ3n) is 2.29. The van der Waals surface area contributed by atoms with Gasteiger partial charge in [-0.25, -0.2) is 9.50 Å². The van der Waals surface area contributed by atoms with Crippen molar-refractivity contribution >= 4 is 23.2 Å². The predicted octanol–water partition coefficient (Wildman–Crippen LogP) is 0.841. The van der Waals surface area contributed by atoms with Gasteiger partial charge in [-0.05, 0) is 19.1 Å². The molecule has 0 unspecified atom stereocenters. The van der Waals surface area contributed by atoms with Gasteiger partial charge in [0.15, 0.2) is 5.65 Å². The normalized spacial score (nSPS) is 10.5. The van der Waals surface area contributed by atoms with Crippen molar-refractivity contribution in [3.8, 4) is 0 Å². The number of pyridine rings is 1. The van der Waals surface area contributed by atoms with E-state index in [2.05, 4.69) is 15.4 Å². The van der Waals surface area contributed by atoms with E-state index in [1.807, 2.05) is 0 Å². The van der Waals surface area contributed by atoms with E-state index in [4.69, 9.17) is 5.11 Å². The minimum atomic E-state index is -0.993. The number of nitrogens with zero attached hydrogens (tertiary/aromatic N) is 3. The van der Waals surface area contributed by atoms with Gasteiger partial charge in [0.2, 0.25) is 5.91 Å². The van der Waals surface area contributed by atoms with Crippen molar-refractivity contribution in [1.29, 1.82) is 0 Å². The third-order valence-corrected chi connectivity index (χ3v) is 2.29. The Labute approximate surface area is 102 Å². The van der Waals surface area contributed by atoms with Crippen LogP contribution in [0.25, 0.3) is 5.65 Å². The van der Waals surface area contributed by atoms with Gasteiger partial charge in [0.1, 0.15) is 5.82 Å². The van der Waals surface area contributed by atoms with E-state index in [0.717, 1.165) is 0 Å². The molecule has 0 fully saturated rings. The molecule has 2 N–H and O–H groups in total. The molecule has 0 aliphatic carbocycles. The quantitative estimate of drug-likeness (QED) is 0.835. The fourth-order valence-electron chi connectivity index (χ4n) is 1.51. The number of nitrogens with one attached hydrogen (secondary N) is 1. The van der Waals surface area contributed by atoms with Crippen LogP contribution < -0.4 is 5.32 Å². The van der Waals surface area contributed by atoms with E-state index in [1.54, 1.807) is 29.8 Å². The fraction of sp³-hybridized carbons (Fsp3) is 0.273. The van der Waals surface area contributed by atoms with Crippen molar-refractivity contribution in [3.63, 3.8) is 0 Å². The highest BCUT2D eigenvalue weighted by atomic mass is 16.4. The lowest BCUT2D eigenvalue weighted by Crippen LogP contribution is -2.13. The second kappa shape index (κ2) is 4.82. The summed E-state index contributed by atoms with van der Waals surface area (Å²) in [4.78, 5) is 25.9. The molecule has 0 bridgehead atoms. The molecule has 0 aliphatic heterocycles. The van der Waals surface area contributed by atoms with Crippen LogP contribution in [0.1, 0.15) is 18.7 Å². The average Bonchev–Trinajstić information content (AvgIpc) is 2.66. The maximum Gasteiger partial charge on any atom is 0.303 e. The Hall–Kier alpha value is -2.44. The van der Waals surface area contributed by atoms with E-state index in [-0.39, 0.29) is 18.7 Å². The smallest absolute Gasteiger partial charge is 0.303 e. The first-order chi connectivity index (χ1) is 8.54. The number of aliphatic carboxylic acids is 1. The molecule has 0 atom stereocenters. The molecule has 0 saturated heterocycles. The maximum absolute atomic E-state index is 11.4. The van der Waals surface area contributed by atoms with Crippen LogP contribution in [0.2, 0.25) is 0 Å². The molecule has 1 amide bonds. The van der Waals surface area contributed by atoms with Crippen LogP contribution in [0, 0.1) is 6.92 Å². The molecule has 18 heavy (non-hydrogen) atoms. The number of aromatic nitrogens is 3. The van der Waals surface area contributed by atoms with Crippen molar-refractivity contribution in [1.82, 2.24) is 14.6 Å². The molecule has 2 aromatic rings. The number of carbonyl (C=O) groups excluding carboxylic acids is 1. The Morgan fingerprint density at radius 3 is 2.89 bits per heavy atom. The number of fused-ring (bicyclic) bond motifs is 1. The third kappa shape index (κ3) is 2.82. The van der Waals surface area contributed by atoms with Crippen LogP contribution in [-0.2, 0) is 9.59 Å². The molecule has 94 valence electrons. The summed E-state index contributed by atoms with van der Waals surface area (Å²) in [6.07, 6.45) is 1.40. The summed E-state index contributed by atoms with van der Waals surface area (Å²) < 4.78 is 1.56. The zero-order valence-corrected chi connectivity index (χ0v) is 9.75. The van der Waals surface area contributed by atoms with E-state index >= 15 is 0 Å². The Balaban J connectivity index is 2.07. The summed E-state index contributed by atoms with van der Waals surface area (Å²) in [6.45, 7) is 1.78. The minimum Gasteiger partial charge on any atom is -0.481 e. The number of hydrogen-bond acceptors (Lipinski definition) is 4. The minimum absolute atomic E-state index is 0.0518. The molecule has 2 heterocycles. The molecule has 7 heteroatoms. The number of rotatable bonds is 4. The molecular formula is C11H12N4O3. The Bertz CT molecular complexity index is 605. The van der Waals surface area contributed by atoms with Crippen LogP contribution in [0.4, 0.5) is 5.69 Å². The summed E-state index contributed by atoms with van der Waals surface area (Å²) in [5, 5.41) is 15.2. The molecule has 0 radical (unpaired) electrons. The number of aryl methyl sites for hydroxylation is 1. The van der Waals surface area contributed by atoms with E-state index in [1.165, 1.54) is 0 Å². The standard InChI is InChI=1S/C11H12N4O3/c1-7-12-9-3-2-8(6-15(9)14-7)13-10(16)4-5-11(17)18/h2-3,6H,4-5H2,1H3,(H,13,16)(H,17,18). The largest absolute Gasteiger partial charge is 0.481 e. The number of carboxylic acid groups (broad SMARTS) is 1. The Morgan fingerprint density at radius 2 is 2.17 bits per heavy atom. The Morgan fingerprint density at radius 1 is 1.39 bits per heavy atom. The fourth-order valence-corrected chi connectivity index (χ4v) is 1.51. The van der Waals surface area contributed by atoms with Gasteiger partial charge in [-0.1, -0.05) is 0 Å². The SMILES string of the molecule is Cc1nc2ccc(NC(=O)CCC(=O)O)cn2n1. The van der Waals surface area contributed by atoms with Gasteiger partial charge in [-0.3, -0.25) is 9.59 Å². The van der Waals surface area contributed by atoms with Gasteiger partial charge < -0.3 is 10.4 Å². The van der Waals surface area contributed by atoms with Crippen molar-refractivity contribution in [3.05, 3.63) is 24.2 Å². The lowest BCUT2D eigenvalue weighted by Gasteiger charge is -2.03. The Kier molecular flexibility index (Phi) is 3.22. The van der Waals surface area contributed by atoms with Crippen LogP contribution in [0.3, 0.4) is 0 Å². The van der Waals surface area contributed by atoms with E-state index in [0.29, 0.717) is 17.2 Å². The highest BCUT2D eigenvalue weighted by molar-refractivity contribution is 5.92. The lowest BCUT2D eigenvalue weighted by molar-refractivity contribution is -0.138. The number of anilines is 1. The van der Waals surface area contributed by atoms with Gasteiger partial charge in [0.05, 0.1) is 18.3 Å². The topological polar surface area (TPSA) is 96.6 Å². The number of hydrogen-bond donors (Lipinski definition) is 2. The van der Waals surface area contributed by atoms with E-state index in [9.17, 15) is 9.59 Å². The van der Waals surface area contributed by atoms with Gasteiger partial charge in [0, 0.05) is 6.42 Å². The summed E-state index contributed by atoms with van der Waals surface area (Å²) >= 11 is 0. The highest BCUT2D eigenvalue weighted by Gasteiger charge is 2.07. The first kappa shape index (κ1) is 12.0. The predicted molar refractivity (Wildman–Crippen MR) is 63.2 cm³/mol. The number of carbonyl (C=O) groups is 2. The highest BCUT2D eigenvalue weighted by Crippen LogP contribution is 2.10. The van der Waals surface area contributed by atoms with Crippen molar-refractivity contribution < 1.29 is 14.7 Å². The van der Waals surface area contributed by atoms with Crippen LogP contribution >= 0.6 is 0 Å². The van der Waals surface area contributed by atoms with Crippen LogP contribution in [-0.4, -0.2) is 31.6 Å². The molecule has 7 nitrogen and oxygen atoms in total. The average molecular weight is 248 g/mol. The second-order valence-electron chi connectivity index (χ2n) is 3.82. The summed E-state index contributed by atoms with van der Waals surface area (Å²) in [7, 11) is 0. The molecule has 0 aliphatic rings. The first-order valence-corrected chi connectivity index (χ1v) is 5.39. The van der Waals surface area contributed by atoms with Gasteiger partial charge in [-0.2, -0.15) is 5.10 Å². The molecule has 2 rings (SSSR count). The zero-order valence-electron chi connectivity index (χ0n) is 9.75. The summed E-state index contributed by atoms with van der Waals surface area (Å²) in [5.41, 5.74) is 1.25. The molecule has 2 aromatic heterocycles.